The number of nitrogens with zero attached hydrogens (tertiary/aromatic N) is 2. The molecule has 0 saturated carbocycles. The number of carbonyl (C=O) groups is 1. The fraction of sp³-hybridized carbons (Fsp3) is 0.0769. The van der Waals surface area contributed by atoms with Gasteiger partial charge in [-0.25, -0.2) is 4.79 Å². The van der Waals surface area contributed by atoms with Crippen molar-refractivity contribution in [3.63, 3.8) is 0 Å². The number of nitrogens with one attached hydrogen (secondary N) is 1. The van der Waals surface area contributed by atoms with Crippen LogP contribution in [0.4, 0.5) is 0 Å². The lowest BCUT2D eigenvalue weighted by Gasteiger charge is -2.13. The van der Waals surface area contributed by atoms with E-state index in [1.807, 2.05) is 0 Å². The smallest absolute Gasteiger partial charge is 0.335 e. The van der Waals surface area contributed by atoms with Crippen LogP contribution in [0.25, 0.3) is 0 Å². The summed E-state index contributed by atoms with van der Waals surface area (Å²) in [5.41, 5.74) is 0.479. The quantitative estimate of drug-likeness (QED) is 0.828. The topological polar surface area (TPSA) is 104 Å². The van der Waals surface area contributed by atoms with Crippen molar-refractivity contribution < 1.29 is 14.7 Å². The summed E-state index contributed by atoms with van der Waals surface area (Å²) in [6.07, 6.45) is 1.60. The van der Waals surface area contributed by atoms with Crippen molar-refractivity contribution >= 4 is 5.97 Å². The number of aliphatic carboxylic acids is 1. The van der Waals surface area contributed by atoms with Crippen LogP contribution in [-0.4, -0.2) is 16.1 Å². The van der Waals surface area contributed by atoms with E-state index in [0.717, 1.165) is 0 Å². The summed E-state index contributed by atoms with van der Waals surface area (Å²) in [6.45, 7) is 0. The number of pyridine rings is 1. The zero-order chi connectivity index (χ0) is 14.4. The molecule has 0 amide bonds. The van der Waals surface area contributed by atoms with Gasteiger partial charge >= 0.3 is 5.97 Å². The Balaban J connectivity index is 0.000000178. The highest BCUT2D eigenvalue weighted by Crippen LogP contribution is 2.31. The van der Waals surface area contributed by atoms with Crippen molar-refractivity contribution in [3.8, 4) is 5.75 Å². The van der Waals surface area contributed by atoms with Crippen LogP contribution in [0, 0.1) is 0 Å². The number of hydrogen-bond acceptors (Lipinski definition) is 5. The lowest BCUT2D eigenvalue weighted by atomic mass is 10.1. The molecule has 0 fully saturated rings. The van der Waals surface area contributed by atoms with Gasteiger partial charge in [-0.2, -0.15) is 0 Å². The maximum absolute atomic E-state index is 10.7. The second-order valence-corrected chi connectivity index (χ2v) is 3.79. The van der Waals surface area contributed by atoms with E-state index in [-0.39, 0.29) is 5.56 Å². The van der Waals surface area contributed by atoms with Gasteiger partial charge in [0.05, 0.1) is 0 Å². The normalized spacial score (nSPS) is 15.3. The van der Waals surface area contributed by atoms with E-state index in [9.17, 15) is 9.59 Å². The van der Waals surface area contributed by atoms with Crippen LogP contribution in [0.1, 0.15) is 11.6 Å². The van der Waals surface area contributed by atoms with E-state index in [1.165, 1.54) is 6.07 Å². The Hall–Kier alpha value is -2.96. The molecule has 1 unspecified atom stereocenters. The number of carboxylic acid groups (broad SMARTS) is 1. The SMILES string of the molecule is O=C(O)C1N=NOc2ccccc21.O=c1cccc[nH]1. The Morgan fingerprint density at radius 2 is 1.95 bits per heavy atom. The molecule has 102 valence electrons. The van der Waals surface area contributed by atoms with Gasteiger partial charge in [-0.3, -0.25) is 4.79 Å². The molecule has 1 aromatic heterocycles. The van der Waals surface area contributed by atoms with Crippen LogP contribution in [0.15, 0.2) is 63.8 Å². The van der Waals surface area contributed by atoms with E-state index >= 15 is 0 Å². The molecule has 1 atom stereocenters. The lowest BCUT2D eigenvalue weighted by Crippen LogP contribution is -2.12. The van der Waals surface area contributed by atoms with Gasteiger partial charge in [0.2, 0.25) is 5.56 Å². The molecule has 0 saturated heterocycles. The molecule has 0 spiro atoms. The Labute approximate surface area is 113 Å². The fourth-order valence-corrected chi connectivity index (χ4v) is 1.53. The first-order valence-corrected chi connectivity index (χ1v) is 5.71. The number of carboxylic acids is 1. The molecule has 2 aromatic rings. The zero-order valence-electron chi connectivity index (χ0n) is 10.3. The minimum absolute atomic E-state index is 0.0532. The van der Waals surface area contributed by atoms with Crippen molar-refractivity contribution in [2.45, 2.75) is 6.04 Å². The number of H-pyrrole nitrogens is 1. The van der Waals surface area contributed by atoms with Gasteiger partial charge in [-0.05, 0) is 12.1 Å². The maximum atomic E-state index is 10.7. The molecule has 2 N–H and O–H groups in total. The third kappa shape index (κ3) is 3.29. The first kappa shape index (κ1) is 13.5. The van der Waals surface area contributed by atoms with Crippen LogP contribution in [0.2, 0.25) is 0 Å². The van der Waals surface area contributed by atoms with Gasteiger partial charge in [-0.1, -0.05) is 24.3 Å². The number of aromatic amines is 1. The molecule has 1 aliphatic heterocycles. The van der Waals surface area contributed by atoms with Crippen molar-refractivity contribution in [1.82, 2.24) is 4.98 Å². The van der Waals surface area contributed by atoms with Crippen LogP contribution < -0.4 is 10.4 Å². The summed E-state index contributed by atoms with van der Waals surface area (Å²) in [5.74, 6) is -0.579. The highest BCUT2D eigenvalue weighted by molar-refractivity contribution is 5.76. The Bertz CT molecular complexity index is 664. The summed E-state index contributed by atoms with van der Waals surface area (Å²) in [6, 6.07) is 10.8. The fourth-order valence-electron chi connectivity index (χ4n) is 1.53. The minimum atomic E-state index is -1.03. The van der Waals surface area contributed by atoms with Crippen LogP contribution >= 0.6 is 0 Å². The summed E-state index contributed by atoms with van der Waals surface area (Å²) in [5, 5.41) is 15.5. The average Bonchev–Trinajstić information content (AvgIpc) is 2.48. The molecule has 3 rings (SSSR count). The molecule has 20 heavy (non-hydrogen) atoms. The number of fused-ring (bicyclic) bond motifs is 1. The Kier molecular flexibility index (Phi) is 4.23. The summed E-state index contributed by atoms with van der Waals surface area (Å²) in [4.78, 5) is 28.2. The molecule has 1 aromatic carbocycles. The van der Waals surface area contributed by atoms with Crippen LogP contribution in [0.3, 0.4) is 0 Å². The molecule has 1 aliphatic rings. The van der Waals surface area contributed by atoms with Gasteiger partial charge < -0.3 is 14.9 Å². The summed E-state index contributed by atoms with van der Waals surface area (Å²) < 4.78 is 0. The maximum Gasteiger partial charge on any atom is 0.335 e. The molecule has 0 radical (unpaired) electrons. The van der Waals surface area contributed by atoms with Crippen molar-refractivity contribution in [1.29, 1.82) is 0 Å². The number of para-hydroxylation sites is 1. The molecular weight excluding hydrogens is 262 g/mol. The number of hydrogen-bond donors (Lipinski definition) is 2. The van der Waals surface area contributed by atoms with Crippen LogP contribution in [-0.2, 0) is 4.79 Å². The van der Waals surface area contributed by atoms with Gasteiger partial charge in [0.1, 0.15) is 0 Å². The van der Waals surface area contributed by atoms with E-state index in [4.69, 9.17) is 9.94 Å². The van der Waals surface area contributed by atoms with Gasteiger partial charge in [0.25, 0.3) is 0 Å². The molecule has 0 bridgehead atoms. The van der Waals surface area contributed by atoms with Gasteiger partial charge in [0.15, 0.2) is 11.8 Å². The Morgan fingerprint density at radius 1 is 1.20 bits per heavy atom. The summed E-state index contributed by atoms with van der Waals surface area (Å²) >= 11 is 0. The highest BCUT2D eigenvalue weighted by atomic mass is 16.6. The lowest BCUT2D eigenvalue weighted by molar-refractivity contribution is -0.139. The standard InChI is InChI=1S/C8H6N2O3.C5H5NO/c11-8(12)7-5-3-1-2-4-6(5)13-10-9-7;7-5-3-1-2-4-6-5/h1-4,7H,(H,11,12);1-4H,(H,6,7). The monoisotopic (exact) mass is 273 g/mol. The van der Waals surface area contributed by atoms with Gasteiger partial charge in [0, 0.05) is 23.1 Å². The molecule has 2 heterocycles. The van der Waals surface area contributed by atoms with Crippen molar-refractivity contribution in [2.75, 3.05) is 0 Å². The predicted octanol–water partition coefficient (Wildman–Crippen LogP) is 1.95. The second kappa shape index (κ2) is 6.28. The van der Waals surface area contributed by atoms with E-state index in [2.05, 4.69) is 15.4 Å². The van der Waals surface area contributed by atoms with E-state index < -0.39 is 12.0 Å². The Morgan fingerprint density at radius 3 is 2.55 bits per heavy atom. The van der Waals surface area contributed by atoms with E-state index in [1.54, 1.807) is 42.6 Å². The number of rotatable bonds is 1. The average molecular weight is 273 g/mol. The van der Waals surface area contributed by atoms with Crippen LogP contribution in [0.5, 0.6) is 5.75 Å². The van der Waals surface area contributed by atoms with Gasteiger partial charge in [-0.15, -0.1) is 5.11 Å². The molecular formula is C13H11N3O4. The third-order valence-electron chi connectivity index (χ3n) is 2.43. The third-order valence-corrected chi connectivity index (χ3v) is 2.43. The van der Waals surface area contributed by atoms with Crippen molar-refractivity contribution in [3.05, 3.63) is 64.6 Å². The highest BCUT2D eigenvalue weighted by Gasteiger charge is 2.26. The largest absolute Gasteiger partial charge is 0.479 e. The minimum Gasteiger partial charge on any atom is -0.479 e. The summed E-state index contributed by atoms with van der Waals surface area (Å²) in [7, 11) is 0. The van der Waals surface area contributed by atoms with E-state index in [0.29, 0.717) is 11.3 Å². The first-order valence-electron chi connectivity index (χ1n) is 5.71. The second-order valence-electron chi connectivity index (χ2n) is 3.79. The molecule has 7 nitrogen and oxygen atoms in total. The van der Waals surface area contributed by atoms with Crippen molar-refractivity contribution in [2.24, 2.45) is 10.4 Å². The number of aromatic nitrogens is 1. The first-order chi connectivity index (χ1) is 9.68. The number of benzene rings is 1. The molecule has 0 aliphatic carbocycles. The zero-order valence-corrected chi connectivity index (χ0v) is 10.3. The predicted molar refractivity (Wildman–Crippen MR) is 69.4 cm³/mol. The molecule has 7 heteroatoms.